The molecule has 3 fully saturated rings. The summed E-state index contributed by atoms with van der Waals surface area (Å²) < 4.78 is 13.5. The Morgan fingerprint density at radius 1 is 0.850 bits per heavy atom. The van der Waals surface area contributed by atoms with Crippen LogP contribution in [0.5, 0.6) is 0 Å². The number of rotatable bonds is 23. The van der Waals surface area contributed by atoms with Gasteiger partial charge in [0, 0.05) is 114 Å². The highest BCUT2D eigenvalue weighted by atomic mass is 32.1. The lowest BCUT2D eigenvalue weighted by atomic mass is 9.85. The number of fused-ring (bicyclic) bond motifs is 1. The number of ether oxygens (including phenoxy) is 2. The lowest BCUT2D eigenvalue weighted by molar-refractivity contribution is -0.142. The number of thiazole rings is 1. The molecule has 5 aromatic rings. The second-order valence-corrected chi connectivity index (χ2v) is 25.4. The van der Waals surface area contributed by atoms with Gasteiger partial charge >= 0.3 is 6.09 Å². The Balaban J connectivity index is 0.785. The summed E-state index contributed by atoms with van der Waals surface area (Å²) in [5, 5.41) is 31.9. The van der Waals surface area contributed by atoms with Gasteiger partial charge in [0.25, 0.3) is 0 Å². The molecule has 1 saturated carbocycles. The van der Waals surface area contributed by atoms with Crippen molar-refractivity contribution >= 4 is 46.2 Å². The number of hydrogen-bond donors (Lipinski definition) is 5. The highest BCUT2D eigenvalue weighted by molar-refractivity contribution is 7.13. The van der Waals surface area contributed by atoms with E-state index in [1.165, 1.54) is 10.5 Å². The number of methoxy groups -OCH3 is 1. The molecule has 0 spiro atoms. The minimum absolute atomic E-state index is 0.0681. The first kappa shape index (κ1) is 60.6. The molecule has 3 aromatic heterocycles. The van der Waals surface area contributed by atoms with Crippen LogP contribution in [0.1, 0.15) is 123 Å². The zero-order valence-corrected chi connectivity index (χ0v) is 49.7. The number of nitrogens with one attached hydrogen (secondary N) is 3. The monoisotopic (exact) mass is 1120 g/mol. The lowest BCUT2D eigenvalue weighted by Crippen LogP contribution is -2.57. The number of anilines is 1. The third-order valence-corrected chi connectivity index (χ3v) is 16.7. The van der Waals surface area contributed by atoms with E-state index in [1.54, 1.807) is 23.3 Å². The SMILES string of the molecule is COCC(C)Nc1ncc2c(-c3ccc(CN4CCN(CCCCCN(CCN[C@H](C(=O)N5C[C@H](O)C[C@H]5C(=O)NCc5ccc(-c6scnc6C)cc5)C(C)(C)C)C(=O)OC(C)(C)C)CC4)cc3)cn(C3CCC(O)CC3)c2n1. The van der Waals surface area contributed by atoms with E-state index >= 15 is 0 Å². The van der Waals surface area contributed by atoms with Gasteiger partial charge in [0.1, 0.15) is 17.3 Å². The Morgan fingerprint density at radius 3 is 2.20 bits per heavy atom. The largest absolute Gasteiger partial charge is 0.444 e. The van der Waals surface area contributed by atoms with Crippen LogP contribution in [0.3, 0.4) is 0 Å². The van der Waals surface area contributed by atoms with E-state index in [-0.39, 0.29) is 49.1 Å². The van der Waals surface area contributed by atoms with Crippen molar-refractivity contribution in [1.82, 2.24) is 49.8 Å². The van der Waals surface area contributed by atoms with E-state index in [0.29, 0.717) is 38.7 Å². The highest BCUT2D eigenvalue weighted by Crippen LogP contribution is 2.37. The van der Waals surface area contributed by atoms with Crippen LogP contribution in [0, 0.1) is 12.3 Å². The van der Waals surface area contributed by atoms with E-state index in [4.69, 9.17) is 19.4 Å². The number of carbonyl (C=O) groups is 3. The van der Waals surface area contributed by atoms with Crippen LogP contribution in [-0.2, 0) is 32.2 Å². The smallest absolute Gasteiger partial charge is 0.410 e. The second kappa shape index (κ2) is 27.5. The summed E-state index contributed by atoms with van der Waals surface area (Å²) in [4.78, 5) is 65.2. The third-order valence-electron chi connectivity index (χ3n) is 15.7. The number of aromatic nitrogens is 4. The van der Waals surface area contributed by atoms with Gasteiger partial charge in [-0.3, -0.25) is 14.5 Å². The summed E-state index contributed by atoms with van der Waals surface area (Å²) in [5.41, 5.74) is 8.06. The number of aryl methyl sites for hydroxylation is 1. The molecule has 436 valence electrons. The summed E-state index contributed by atoms with van der Waals surface area (Å²) >= 11 is 1.59. The van der Waals surface area contributed by atoms with Crippen LogP contribution in [0.15, 0.2) is 66.4 Å². The van der Waals surface area contributed by atoms with Crippen LogP contribution >= 0.6 is 11.3 Å². The number of benzene rings is 2. The molecule has 3 aliphatic rings. The number of hydrogen-bond acceptors (Lipinski definition) is 15. The molecule has 2 aliphatic heterocycles. The summed E-state index contributed by atoms with van der Waals surface area (Å²) in [6.45, 7) is 23.6. The number of β-amino-alcohol motifs (C(OH)–C–C–N with tert-alkyl or cyclic N) is 1. The molecule has 2 aromatic carbocycles. The van der Waals surface area contributed by atoms with Crippen LogP contribution in [0.25, 0.3) is 32.6 Å². The summed E-state index contributed by atoms with van der Waals surface area (Å²) in [6.07, 6.45) is 9.11. The molecule has 5 heterocycles. The molecule has 0 radical (unpaired) electrons. The van der Waals surface area contributed by atoms with Crippen LogP contribution in [-0.4, -0.2) is 176 Å². The number of nitrogens with zero attached hydrogens (tertiary/aromatic N) is 8. The van der Waals surface area contributed by atoms with Crippen molar-refractivity contribution in [3.63, 3.8) is 0 Å². The fraction of sp³-hybridized carbons (Fsp3) is 0.607. The van der Waals surface area contributed by atoms with Gasteiger partial charge in [0.2, 0.25) is 17.8 Å². The number of unbranched alkanes of at least 4 members (excludes halogenated alkanes) is 2. The molecular formula is C61H89N11O7S. The van der Waals surface area contributed by atoms with Crippen molar-refractivity contribution in [2.75, 3.05) is 77.9 Å². The van der Waals surface area contributed by atoms with Gasteiger partial charge in [-0.15, -0.1) is 11.3 Å². The number of likely N-dealkylation sites (tertiary alicyclic amines) is 1. The van der Waals surface area contributed by atoms with Crippen molar-refractivity contribution in [3.05, 3.63) is 83.3 Å². The number of aliphatic hydroxyl groups is 2. The summed E-state index contributed by atoms with van der Waals surface area (Å²) in [7, 11) is 1.69. The lowest BCUT2D eigenvalue weighted by Gasteiger charge is -2.36. The molecule has 80 heavy (non-hydrogen) atoms. The van der Waals surface area contributed by atoms with Gasteiger partial charge in [-0.1, -0.05) is 75.7 Å². The average Bonchev–Trinajstić information content (AvgIpc) is 4.17. The zero-order valence-electron chi connectivity index (χ0n) is 48.9. The van der Waals surface area contributed by atoms with E-state index in [9.17, 15) is 24.6 Å². The van der Waals surface area contributed by atoms with Crippen LogP contribution in [0.4, 0.5) is 10.7 Å². The number of aliphatic hydroxyl groups excluding tert-OH is 2. The van der Waals surface area contributed by atoms with E-state index in [0.717, 1.165) is 128 Å². The molecule has 1 aliphatic carbocycles. The molecule has 0 bridgehead atoms. The highest BCUT2D eigenvalue weighted by Gasteiger charge is 2.44. The maximum atomic E-state index is 14.4. The first-order valence-electron chi connectivity index (χ1n) is 29.0. The predicted octanol–water partition coefficient (Wildman–Crippen LogP) is 8.26. The Hall–Kier alpha value is -5.54. The zero-order chi connectivity index (χ0) is 57.1. The topological polar surface area (TPSA) is 203 Å². The van der Waals surface area contributed by atoms with E-state index in [2.05, 4.69) is 72.7 Å². The molecule has 18 nitrogen and oxygen atoms in total. The van der Waals surface area contributed by atoms with Gasteiger partial charge in [0.15, 0.2) is 0 Å². The molecule has 2 saturated heterocycles. The van der Waals surface area contributed by atoms with Gasteiger partial charge in [-0.2, -0.15) is 4.98 Å². The van der Waals surface area contributed by atoms with Crippen LogP contribution < -0.4 is 16.0 Å². The third kappa shape index (κ3) is 16.3. The fourth-order valence-electron chi connectivity index (χ4n) is 11.3. The normalized spacial score (nSPS) is 20.2. The molecule has 19 heteroatoms. The second-order valence-electron chi connectivity index (χ2n) is 24.5. The first-order valence-corrected chi connectivity index (χ1v) is 29.9. The van der Waals surface area contributed by atoms with Crippen LogP contribution in [0.2, 0.25) is 0 Å². The van der Waals surface area contributed by atoms with Gasteiger partial charge in [-0.25, -0.2) is 14.8 Å². The summed E-state index contributed by atoms with van der Waals surface area (Å²) in [6, 6.07) is 15.8. The Morgan fingerprint density at radius 2 is 1.54 bits per heavy atom. The van der Waals surface area contributed by atoms with E-state index in [1.807, 2.05) is 84.4 Å². The molecule has 3 amide bonds. The maximum Gasteiger partial charge on any atom is 0.410 e. The standard InChI is InChI=1S/C61H89N11O7S/c1-41(39-78-9)66-58-64-35-50-51(38-71(55(50)67-58)47-21-23-48(73)24-22-47)45-17-15-44(16-18-45)36-69-31-29-68(30-32-69)26-11-10-12-27-70(59(77)79-61(6,7)8)28-25-62-54(60(3,4)5)57(76)72-37-49(74)33-52(72)56(75)63-34-43-13-19-46(20-14-43)53-42(2)65-40-80-53/h13-20,35,38,40-41,47-49,52,54,62,73-74H,10-12,21-34,36-37,39H2,1-9H3,(H,63,75)(H,64,66,67)/t41?,47?,48?,49-,52+,54-/m1/s1. The molecule has 5 N–H and O–H groups in total. The van der Waals surface area contributed by atoms with Gasteiger partial charge in [-0.05, 0) is 107 Å². The minimum Gasteiger partial charge on any atom is -0.444 e. The minimum atomic E-state index is -0.817. The molecular weight excluding hydrogens is 1030 g/mol. The molecule has 4 atom stereocenters. The Labute approximate surface area is 478 Å². The van der Waals surface area contributed by atoms with Crippen molar-refractivity contribution in [2.45, 2.75) is 162 Å². The van der Waals surface area contributed by atoms with Gasteiger partial charge < -0.3 is 54.9 Å². The van der Waals surface area contributed by atoms with Crippen molar-refractivity contribution in [3.8, 4) is 21.6 Å². The Bertz CT molecular complexity index is 2790. The first-order chi connectivity index (χ1) is 38.2. The number of piperazine rings is 1. The fourth-order valence-corrected chi connectivity index (χ4v) is 12.2. The maximum absolute atomic E-state index is 14.4. The summed E-state index contributed by atoms with van der Waals surface area (Å²) in [5.74, 6) is 0.0349. The molecule has 8 rings (SSSR count). The van der Waals surface area contributed by atoms with E-state index < -0.39 is 29.2 Å². The number of carbonyl (C=O) groups excluding carboxylic acids is 3. The van der Waals surface area contributed by atoms with Crippen molar-refractivity contribution in [1.29, 1.82) is 0 Å². The van der Waals surface area contributed by atoms with Gasteiger partial charge in [0.05, 0.1) is 40.9 Å². The predicted molar refractivity (Wildman–Crippen MR) is 316 cm³/mol. The molecule has 1 unspecified atom stereocenters. The average molecular weight is 1120 g/mol. The Kier molecular flexibility index (Phi) is 20.8. The number of amides is 3. The quantitative estimate of drug-likeness (QED) is 0.0391. The van der Waals surface area contributed by atoms with Crippen molar-refractivity contribution < 1.29 is 34.1 Å². The van der Waals surface area contributed by atoms with Crippen molar-refractivity contribution in [2.24, 2.45) is 5.41 Å².